The van der Waals surface area contributed by atoms with Crippen LogP contribution in [0.2, 0.25) is 0 Å². The van der Waals surface area contributed by atoms with Crippen molar-refractivity contribution in [3.05, 3.63) is 41.4 Å². The summed E-state index contributed by atoms with van der Waals surface area (Å²) in [6, 6.07) is 4.06. The molecule has 0 aliphatic carbocycles. The quantitative estimate of drug-likeness (QED) is 0.851. The lowest BCUT2D eigenvalue weighted by molar-refractivity contribution is -0.139. The molecule has 1 aliphatic rings. The zero-order valence-corrected chi connectivity index (χ0v) is 14.7. The maximum absolute atomic E-state index is 13.1. The minimum Gasteiger partial charge on any atom is -0.344 e. The summed E-state index contributed by atoms with van der Waals surface area (Å²) < 4.78 is 66.3. The van der Waals surface area contributed by atoms with Gasteiger partial charge in [0.05, 0.1) is 10.5 Å². The summed E-state index contributed by atoms with van der Waals surface area (Å²) in [7, 11) is -4.27. The van der Waals surface area contributed by atoms with E-state index in [2.05, 4.69) is 9.71 Å². The second-order valence-corrected chi connectivity index (χ2v) is 8.26. The highest BCUT2D eigenvalue weighted by molar-refractivity contribution is 7.89. The topological polar surface area (TPSA) is 62.3 Å². The van der Waals surface area contributed by atoms with Crippen molar-refractivity contribution in [1.29, 1.82) is 0 Å². The molecule has 0 radical (unpaired) electrons. The highest BCUT2D eigenvalue weighted by Crippen LogP contribution is 2.34. The van der Waals surface area contributed by atoms with Crippen LogP contribution in [-0.2, 0) is 16.2 Å². The first kappa shape index (κ1) is 18.2. The van der Waals surface area contributed by atoms with Crippen LogP contribution in [0, 0.1) is 0 Å². The van der Waals surface area contributed by atoms with Gasteiger partial charge in [0, 0.05) is 30.7 Å². The first-order chi connectivity index (χ1) is 11.8. The van der Waals surface area contributed by atoms with E-state index in [0.29, 0.717) is 0 Å². The summed E-state index contributed by atoms with van der Waals surface area (Å²) >= 11 is 1.45. The fourth-order valence-corrected chi connectivity index (χ4v) is 4.92. The summed E-state index contributed by atoms with van der Waals surface area (Å²) in [5.74, 6) is 0. The number of rotatable bonds is 5. The van der Waals surface area contributed by atoms with Crippen LogP contribution < -0.4 is 9.62 Å². The molecule has 0 amide bonds. The monoisotopic (exact) mass is 391 g/mol. The van der Waals surface area contributed by atoms with Crippen LogP contribution in [0.1, 0.15) is 18.4 Å². The van der Waals surface area contributed by atoms with Crippen molar-refractivity contribution < 1.29 is 21.6 Å². The number of hydrogen-bond donors (Lipinski definition) is 1. The van der Waals surface area contributed by atoms with Gasteiger partial charge in [0.1, 0.15) is 0 Å². The number of anilines is 1. The van der Waals surface area contributed by atoms with Crippen LogP contribution in [0.3, 0.4) is 0 Å². The van der Waals surface area contributed by atoms with E-state index >= 15 is 0 Å². The van der Waals surface area contributed by atoms with Crippen LogP contribution in [0.25, 0.3) is 0 Å². The lowest BCUT2D eigenvalue weighted by Crippen LogP contribution is -2.40. The Bertz CT molecular complexity index is 823. The number of halogens is 3. The predicted molar refractivity (Wildman–Crippen MR) is 89.1 cm³/mol. The summed E-state index contributed by atoms with van der Waals surface area (Å²) in [6.45, 7) is 0.785. The predicted octanol–water partition coefficient (Wildman–Crippen LogP) is 3.11. The molecule has 25 heavy (non-hydrogen) atoms. The smallest absolute Gasteiger partial charge is 0.344 e. The number of thiazole rings is 1. The lowest BCUT2D eigenvalue weighted by Gasteiger charge is -2.24. The van der Waals surface area contributed by atoms with Crippen molar-refractivity contribution in [3.8, 4) is 0 Å². The summed E-state index contributed by atoms with van der Waals surface area (Å²) in [6.07, 6.45) is -1.43. The SMILES string of the molecule is O=S(=O)(NC[C@H]1CCCN1c1nccs1)c1ccccc1C(F)(F)F. The van der Waals surface area contributed by atoms with Crippen molar-refractivity contribution in [1.82, 2.24) is 9.71 Å². The molecule has 0 saturated carbocycles. The van der Waals surface area contributed by atoms with E-state index in [-0.39, 0.29) is 12.6 Å². The second kappa shape index (κ2) is 6.93. The van der Waals surface area contributed by atoms with Gasteiger partial charge in [-0.05, 0) is 25.0 Å². The van der Waals surface area contributed by atoms with Crippen LogP contribution in [0.4, 0.5) is 18.3 Å². The number of sulfonamides is 1. The van der Waals surface area contributed by atoms with Crippen molar-refractivity contribution in [2.24, 2.45) is 0 Å². The third-order valence-electron chi connectivity index (χ3n) is 4.03. The fraction of sp³-hybridized carbons (Fsp3) is 0.400. The molecule has 1 saturated heterocycles. The van der Waals surface area contributed by atoms with E-state index in [9.17, 15) is 21.6 Å². The average molecular weight is 391 g/mol. The maximum atomic E-state index is 13.1. The van der Waals surface area contributed by atoms with E-state index in [1.54, 1.807) is 6.20 Å². The molecule has 1 atom stereocenters. The number of nitrogens with zero attached hydrogens (tertiary/aromatic N) is 2. The van der Waals surface area contributed by atoms with Crippen molar-refractivity contribution in [2.45, 2.75) is 30.0 Å². The molecule has 0 bridgehead atoms. The summed E-state index contributed by atoms with van der Waals surface area (Å²) in [4.78, 5) is 5.46. The second-order valence-electron chi connectivity index (χ2n) is 5.65. The van der Waals surface area contributed by atoms with Gasteiger partial charge in [-0.2, -0.15) is 13.2 Å². The highest BCUT2D eigenvalue weighted by Gasteiger charge is 2.37. The molecule has 2 heterocycles. The Morgan fingerprint density at radius 3 is 2.76 bits per heavy atom. The first-order valence-corrected chi connectivity index (χ1v) is 9.97. The molecule has 3 rings (SSSR count). The number of nitrogens with one attached hydrogen (secondary N) is 1. The molecule has 1 aromatic carbocycles. The third-order valence-corrected chi connectivity index (χ3v) is 6.32. The Balaban J connectivity index is 1.77. The Morgan fingerprint density at radius 1 is 1.32 bits per heavy atom. The molecule has 10 heteroatoms. The summed E-state index contributed by atoms with van der Waals surface area (Å²) in [5, 5.41) is 2.62. The Hall–Kier alpha value is -1.65. The normalized spacial score (nSPS) is 18.7. The highest BCUT2D eigenvalue weighted by atomic mass is 32.2. The molecule has 1 aromatic heterocycles. The molecular weight excluding hydrogens is 375 g/mol. The fourth-order valence-electron chi connectivity index (χ4n) is 2.88. The Morgan fingerprint density at radius 2 is 2.08 bits per heavy atom. The Kier molecular flexibility index (Phi) is 5.03. The lowest BCUT2D eigenvalue weighted by atomic mass is 10.2. The standard InChI is InChI=1S/C15H16F3N3O2S2/c16-15(17,18)12-5-1-2-6-13(12)25(22,23)20-10-11-4-3-8-21(11)14-19-7-9-24-14/h1-2,5-7,9,11,20H,3-4,8,10H2/t11-/m1/s1. The van der Waals surface area contributed by atoms with Crippen molar-refractivity contribution in [3.63, 3.8) is 0 Å². The van der Waals surface area contributed by atoms with Gasteiger partial charge in [-0.15, -0.1) is 11.3 Å². The molecule has 0 unspecified atom stereocenters. The van der Waals surface area contributed by atoms with Gasteiger partial charge >= 0.3 is 6.18 Å². The first-order valence-electron chi connectivity index (χ1n) is 7.61. The molecule has 5 nitrogen and oxygen atoms in total. The van der Waals surface area contributed by atoms with E-state index in [4.69, 9.17) is 0 Å². The zero-order valence-electron chi connectivity index (χ0n) is 13.0. The average Bonchev–Trinajstić information content (AvgIpc) is 3.23. The van der Waals surface area contributed by atoms with E-state index in [0.717, 1.165) is 36.7 Å². The molecule has 1 N–H and O–H groups in total. The number of benzene rings is 1. The van der Waals surface area contributed by atoms with Gasteiger partial charge in [0.25, 0.3) is 0 Å². The van der Waals surface area contributed by atoms with Gasteiger partial charge in [0.2, 0.25) is 10.0 Å². The Labute approximate surface area is 147 Å². The minimum absolute atomic E-state index is 0.0358. The van der Waals surface area contributed by atoms with Crippen LogP contribution in [0.15, 0.2) is 40.7 Å². The zero-order chi connectivity index (χ0) is 18.1. The van der Waals surface area contributed by atoms with Gasteiger partial charge in [-0.25, -0.2) is 18.1 Å². The van der Waals surface area contributed by atoms with E-state index in [1.165, 1.54) is 23.5 Å². The van der Waals surface area contributed by atoms with Crippen molar-refractivity contribution in [2.75, 3.05) is 18.0 Å². The van der Waals surface area contributed by atoms with Gasteiger partial charge in [-0.1, -0.05) is 12.1 Å². The number of aromatic nitrogens is 1. The van der Waals surface area contributed by atoms with Gasteiger partial charge in [-0.3, -0.25) is 0 Å². The molecule has 136 valence electrons. The van der Waals surface area contributed by atoms with Gasteiger partial charge in [0.15, 0.2) is 5.13 Å². The number of hydrogen-bond acceptors (Lipinski definition) is 5. The molecular formula is C15H16F3N3O2S2. The van der Waals surface area contributed by atoms with Crippen molar-refractivity contribution >= 4 is 26.5 Å². The molecule has 0 spiro atoms. The maximum Gasteiger partial charge on any atom is 0.417 e. The molecule has 1 fully saturated rings. The summed E-state index contributed by atoms with van der Waals surface area (Å²) in [5.41, 5.74) is -1.16. The van der Waals surface area contributed by atoms with Crippen LogP contribution >= 0.6 is 11.3 Å². The minimum atomic E-state index is -4.73. The van der Waals surface area contributed by atoms with Gasteiger partial charge < -0.3 is 4.90 Å². The largest absolute Gasteiger partial charge is 0.417 e. The number of alkyl halides is 3. The molecule has 1 aliphatic heterocycles. The van der Waals surface area contributed by atoms with E-state index < -0.39 is 26.7 Å². The van der Waals surface area contributed by atoms with E-state index in [1.807, 2.05) is 10.3 Å². The molecule has 2 aromatic rings. The van der Waals surface area contributed by atoms with Crippen LogP contribution in [0.5, 0.6) is 0 Å². The van der Waals surface area contributed by atoms with Crippen LogP contribution in [-0.4, -0.2) is 32.5 Å². The third kappa shape index (κ3) is 3.96.